The Hall–Kier alpha value is -1.63. The maximum Gasteiger partial charge on any atom is 0.269 e. The zero-order valence-electron chi connectivity index (χ0n) is 8.44. The number of aryl methyl sites for hydroxylation is 1. The van der Waals surface area contributed by atoms with Gasteiger partial charge < -0.3 is 10.1 Å². The number of hydrogen-bond acceptors (Lipinski definition) is 4. The van der Waals surface area contributed by atoms with E-state index < -0.39 is 5.56 Å². The molecule has 2 aromatic rings. The zero-order chi connectivity index (χ0) is 11.7. The summed E-state index contributed by atoms with van der Waals surface area (Å²) in [7, 11) is 0. The number of halogens is 1. The Kier molecular flexibility index (Phi) is 2.78. The van der Waals surface area contributed by atoms with E-state index in [0.717, 1.165) is 6.54 Å². The first-order chi connectivity index (χ1) is 7.61. The Morgan fingerprint density at radius 3 is 2.94 bits per heavy atom. The fraction of sp³-hybridized carbons (Fsp3) is 0.222. The van der Waals surface area contributed by atoms with Crippen LogP contribution in [0.5, 0.6) is 5.88 Å². The van der Waals surface area contributed by atoms with Gasteiger partial charge in [-0.2, -0.15) is 10.1 Å². The fourth-order valence-corrected chi connectivity index (χ4v) is 1.43. The van der Waals surface area contributed by atoms with Crippen LogP contribution in [0, 0.1) is 0 Å². The van der Waals surface area contributed by atoms with Crippen molar-refractivity contribution in [1.82, 2.24) is 19.7 Å². The van der Waals surface area contributed by atoms with Crippen LogP contribution < -0.4 is 5.56 Å². The second-order valence-electron chi connectivity index (χ2n) is 3.14. The minimum atomic E-state index is -0.424. The molecule has 0 saturated carbocycles. The van der Waals surface area contributed by atoms with Crippen molar-refractivity contribution in [3.8, 4) is 17.3 Å². The maximum absolute atomic E-state index is 11.4. The lowest BCUT2D eigenvalue weighted by molar-refractivity contribution is 0.448. The van der Waals surface area contributed by atoms with Crippen LogP contribution >= 0.6 is 15.9 Å². The summed E-state index contributed by atoms with van der Waals surface area (Å²) >= 11 is 2.93. The van der Waals surface area contributed by atoms with Crippen molar-refractivity contribution in [2.24, 2.45) is 0 Å². The maximum atomic E-state index is 11.4. The van der Waals surface area contributed by atoms with Gasteiger partial charge in [-0.1, -0.05) is 0 Å². The van der Waals surface area contributed by atoms with Crippen LogP contribution in [0.25, 0.3) is 11.4 Å². The third-order valence-corrected chi connectivity index (χ3v) is 2.79. The lowest BCUT2D eigenvalue weighted by Gasteiger charge is -1.99. The summed E-state index contributed by atoms with van der Waals surface area (Å²) in [6.45, 7) is 2.68. The third kappa shape index (κ3) is 1.85. The second-order valence-corrected chi connectivity index (χ2v) is 3.93. The summed E-state index contributed by atoms with van der Waals surface area (Å²) in [5.41, 5.74) is 0.230. The summed E-state index contributed by atoms with van der Waals surface area (Å²) in [6, 6.07) is 0. The normalized spacial score (nSPS) is 10.6. The quantitative estimate of drug-likeness (QED) is 0.866. The highest BCUT2D eigenvalue weighted by Crippen LogP contribution is 2.20. The smallest absolute Gasteiger partial charge is 0.269 e. The Balaban J connectivity index is 2.52. The molecule has 6 nitrogen and oxygen atoms in total. The monoisotopic (exact) mass is 284 g/mol. The molecule has 0 atom stereocenters. The van der Waals surface area contributed by atoms with Crippen LogP contribution in [-0.4, -0.2) is 24.9 Å². The molecule has 16 heavy (non-hydrogen) atoms. The van der Waals surface area contributed by atoms with Gasteiger partial charge in [-0.25, -0.2) is 0 Å². The molecule has 0 fully saturated rings. The summed E-state index contributed by atoms with van der Waals surface area (Å²) in [4.78, 5) is 17.8. The van der Waals surface area contributed by atoms with Crippen molar-refractivity contribution < 1.29 is 5.11 Å². The van der Waals surface area contributed by atoms with Crippen LogP contribution in [0.15, 0.2) is 21.7 Å². The molecule has 0 bridgehead atoms. The lowest BCUT2D eigenvalue weighted by Crippen LogP contribution is -2.09. The van der Waals surface area contributed by atoms with Gasteiger partial charge in [0.2, 0.25) is 5.88 Å². The fourth-order valence-electron chi connectivity index (χ4n) is 1.24. The molecule has 84 valence electrons. The first kappa shape index (κ1) is 10.9. The van der Waals surface area contributed by atoms with Crippen LogP contribution in [0.1, 0.15) is 6.92 Å². The van der Waals surface area contributed by atoms with Crippen molar-refractivity contribution in [3.63, 3.8) is 0 Å². The summed E-state index contributed by atoms with van der Waals surface area (Å²) in [5.74, 6) is -0.0339. The number of nitrogens with zero attached hydrogens (tertiary/aromatic N) is 3. The number of aromatic amines is 1. The topological polar surface area (TPSA) is 83.8 Å². The van der Waals surface area contributed by atoms with Crippen molar-refractivity contribution in [1.29, 1.82) is 0 Å². The lowest BCUT2D eigenvalue weighted by atomic mass is 10.3. The van der Waals surface area contributed by atoms with Gasteiger partial charge in [-0.05, 0) is 22.9 Å². The number of H-pyrrole nitrogens is 1. The second kappa shape index (κ2) is 4.09. The Morgan fingerprint density at radius 1 is 1.62 bits per heavy atom. The van der Waals surface area contributed by atoms with E-state index in [2.05, 4.69) is 31.0 Å². The average molecular weight is 285 g/mol. The van der Waals surface area contributed by atoms with Crippen LogP contribution in [0.3, 0.4) is 0 Å². The van der Waals surface area contributed by atoms with Crippen LogP contribution in [0.4, 0.5) is 0 Å². The molecular formula is C9H9BrN4O2. The summed E-state index contributed by atoms with van der Waals surface area (Å²) in [5, 5.41) is 13.5. The first-order valence-electron chi connectivity index (χ1n) is 4.63. The zero-order valence-corrected chi connectivity index (χ0v) is 10.0. The highest BCUT2D eigenvalue weighted by molar-refractivity contribution is 9.10. The Bertz CT molecular complexity index is 575. The molecule has 0 radical (unpaired) electrons. The first-order valence-corrected chi connectivity index (χ1v) is 5.42. The average Bonchev–Trinajstić information content (AvgIpc) is 2.73. The van der Waals surface area contributed by atoms with Crippen molar-refractivity contribution in [2.45, 2.75) is 13.5 Å². The molecule has 0 aliphatic carbocycles. The molecule has 2 aromatic heterocycles. The van der Waals surface area contributed by atoms with E-state index in [-0.39, 0.29) is 10.4 Å². The summed E-state index contributed by atoms with van der Waals surface area (Å²) < 4.78 is 1.73. The van der Waals surface area contributed by atoms with Gasteiger partial charge in [0, 0.05) is 12.7 Å². The van der Waals surface area contributed by atoms with E-state index in [0.29, 0.717) is 11.4 Å². The number of rotatable bonds is 2. The molecule has 0 aromatic carbocycles. The van der Waals surface area contributed by atoms with E-state index in [9.17, 15) is 9.90 Å². The van der Waals surface area contributed by atoms with Gasteiger partial charge in [0.1, 0.15) is 10.3 Å². The molecule has 0 amide bonds. The van der Waals surface area contributed by atoms with Crippen molar-refractivity contribution >= 4 is 15.9 Å². The molecule has 0 unspecified atom stereocenters. The minimum Gasteiger partial charge on any atom is -0.492 e. The summed E-state index contributed by atoms with van der Waals surface area (Å²) in [6.07, 6.45) is 3.32. The van der Waals surface area contributed by atoms with E-state index in [1.165, 1.54) is 0 Å². The molecule has 7 heteroatoms. The molecule has 2 N–H and O–H groups in total. The molecule has 2 heterocycles. The minimum absolute atomic E-state index is 0.0270. The standard InChI is InChI=1S/C9H9BrN4O2/c1-2-14-4-5(3-11-14)7-12-8(15)6(10)9(16)13-7/h3-4H,2H2,1H3,(H2,12,13,15,16). The van der Waals surface area contributed by atoms with Gasteiger partial charge in [0.05, 0.1) is 11.8 Å². The molecule has 0 aliphatic heterocycles. The highest BCUT2D eigenvalue weighted by atomic mass is 79.9. The van der Waals surface area contributed by atoms with Crippen molar-refractivity contribution in [2.75, 3.05) is 0 Å². The molecule has 0 saturated heterocycles. The molecule has 0 spiro atoms. The Morgan fingerprint density at radius 2 is 2.38 bits per heavy atom. The van der Waals surface area contributed by atoms with Crippen molar-refractivity contribution in [3.05, 3.63) is 27.2 Å². The van der Waals surface area contributed by atoms with Crippen LogP contribution in [0.2, 0.25) is 0 Å². The van der Waals surface area contributed by atoms with Gasteiger partial charge in [0.15, 0.2) is 0 Å². The number of hydrogen-bond donors (Lipinski definition) is 2. The predicted molar refractivity (Wildman–Crippen MR) is 61.1 cm³/mol. The molecule has 0 aliphatic rings. The number of nitrogens with one attached hydrogen (secondary N) is 1. The van der Waals surface area contributed by atoms with Gasteiger partial charge >= 0.3 is 0 Å². The van der Waals surface area contributed by atoms with E-state index in [4.69, 9.17) is 0 Å². The third-order valence-electron chi connectivity index (χ3n) is 2.08. The SMILES string of the molecule is CCn1cc(-c2nc(O)c(Br)c(=O)[nH]2)cn1. The van der Waals surface area contributed by atoms with Gasteiger partial charge in [-0.15, -0.1) is 0 Å². The number of aromatic nitrogens is 4. The largest absolute Gasteiger partial charge is 0.492 e. The van der Waals surface area contributed by atoms with Gasteiger partial charge in [0.25, 0.3) is 5.56 Å². The molecular weight excluding hydrogens is 276 g/mol. The van der Waals surface area contributed by atoms with Gasteiger partial charge in [-0.3, -0.25) is 9.48 Å². The number of aromatic hydroxyl groups is 1. The van der Waals surface area contributed by atoms with Crippen LogP contribution in [-0.2, 0) is 6.54 Å². The highest BCUT2D eigenvalue weighted by Gasteiger charge is 2.10. The van der Waals surface area contributed by atoms with E-state index in [1.807, 2.05) is 6.92 Å². The van der Waals surface area contributed by atoms with E-state index >= 15 is 0 Å². The van der Waals surface area contributed by atoms with E-state index in [1.54, 1.807) is 17.1 Å². The Labute approximate surface area is 99.1 Å². The predicted octanol–water partition coefficient (Wildman–Crippen LogP) is 1.12. The molecule has 2 rings (SSSR count).